The van der Waals surface area contributed by atoms with Gasteiger partial charge in [0.2, 0.25) is 5.91 Å². The minimum absolute atomic E-state index is 0.127. The van der Waals surface area contributed by atoms with E-state index in [1.807, 2.05) is 35.2 Å². The van der Waals surface area contributed by atoms with Crippen molar-refractivity contribution in [1.29, 1.82) is 0 Å². The number of nitrogens with one attached hydrogen (secondary N) is 1. The predicted molar refractivity (Wildman–Crippen MR) is 98.4 cm³/mol. The highest BCUT2D eigenvalue weighted by molar-refractivity contribution is 5.90. The van der Waals surface area contributed by atoms with Gasteiger partial charge in [-0.05, 0) is 55.8 Å². The van der Waals surface area contributed by atoms with Crippen LogP contribution >= 0.6 is 0 Å². The van der Waals surface area contributed by atoms with Crippen molar-refractivity contribution in [3.63, 3.8) is 0 Å². The number of hydrogen-bond acceptors (Lipinski definition) is 4. The van der Waals surface area contributed by atoms with E-state index in [1.54, 1.807) is 24.3 Å². The van der Waals surface area contributed by atoms with E-state index in [9.17, 15) is 9.59 Å². The molecule has 6 heteroatoms. The number of rotatable bonds is 7. The highest BCUT2D eigenvalue weighted by Crippen LogP contribution is 2.23. The van der Waals surface area contributed by atoms with Crippen LogP contribution in [0.25, 0.3) is 0 Å². The Labute approximate surface area is 152 Å². The molecule has 1 saturated heterocycles. The Morgan fingerprint density at radius 3 is 2.46 bits per heavy atom. The molecule has 1 atom stereocenters. The summed E-state index contributed by atoms with van der Waals surface area (Å²) in [5.74, 6) is 0.508. The van der Waals surface area contributed by atoms with Crippen molar-refractivity contribution < 1.29 is 19.4 Å². The van der Waals surface area contributed by atoms with Gasteiger partial charge in [0.25, 0.3) is 0 Å². The first-order valence-electron chi connectivity index (χ1n) is 8.71. The lowest BCUT2D eigenvalue weighted by atomic mass is 10.2. The SMILES string of the molecule is O=C(CCN1CCCC1C(=O)O)Nc1ccc(Oc2ccccc2)cc1. The largest absolute Gasteiger partial charge is 0.480 e. The van der Waals surface area contributed by atoms with E-state index in [2.05, 4.69) is 5.32 Å². The lowest BCUT2D eigenvalue weighted by Crippen LogP contribution is -2.37. The van der Waals surface area contributed by atoms with Gasteiger partial charge in [-0.25, -0.2) is 0 Å². The molecule has 136 valence electrons. The third-order valence-electron chi connectivity index (χ3n) is 4.39. The molecule has 0 aliphatic carbocycles. The molecule has 1 aliphatic rings. The number of nitrogens with zero attached hydrogens (tertiary/aromatic N) is 1. The molecule has 0 radical (unpaired) electrons. The quantitative estimate of drug-likeness (QED) is 0.797. The zero-order valence-corrected chi connectivity index (χ0v) is 14.4. The second-order valence-electron chi connectivity index (χ2n) is 6.27. The first kappa shape index (κ1) is 17.9. The van der Waals surface area contributed by atoms with E-state index in [0.29, 0.717) is 24.4 Å². The molecule has 1 heterocycles. The number of para-hydroxylation sites is 1. The van der Waals surface area contributed by atoms with Gasteiger partial charge in [0.15, 0.2) is 0 Å². The van der Waals surface area contributed by atoms with Crippen molar-refractivity contribution >= 4 is 17.6 Å². The van der Waals surface area contributed by atoms with Gasteiger partial charge in [-0.3, -0.25) is 14.5 Å². The van der Waals surface area contributed by atoms with Crippen LogP contribution in [0.1, 0.15) is 19.3 Å². The van der Waals surface area contributed by atoms with Crippen LogP contribution in [-0.2, 0) is 9.59 Å². The molecule has 2 aromatic rings. The number of carboxylic acid groups (broad SMARTS) is 1. The summed E-state index contributed by atoms with van der Waals surface area (Å²) in [6.45, 7) is 1.19. The molecule has 1 aliphatic heterocycles. The number of anilines is 1. The fourth-order valence-corrected chi connectivity index (χ4v) is 3.07. The minimum Gasteiger partial charge on any atom is -0.480 e. The molecule has 26 heavy (non-hydrogen) atoms. The van der Waals surface area contributed by atoms with E-state index in [4.69, 9.17) is 9.84 Å². The second kappa shape index (κ2) is 8.49. The van der Waals surface area contributed by atoms with E-state index >= 15 is 0 Å². The Kier molecular flexibility index (Phi) is 5.86. The number of aliphatic carboxylic acids is 1. The van der Waals surface area contributed by atoms with Gasteiger partial charge in [0, 0.05) is 18.7 Å². The summed E-state index contributed by atoms with van der Waals surface area (Å²) >= 11 is 0. The number of likely N-dealkylation sites (tertiary alicyclic amines) is 1. The molecular weight excluding hydrogens is 332 g/mol. The fourth-order valence-electron chi connectivity index (χ4n) is 3.07. The van der Waals surface area contributed by atoms with Gasteiger partial charge in [-0.15, -0.1) is 0 Å². The lowest BCUT2D eigenvalue weighted by molar-refractivity contribution is -0.142. The van der Waals surface area contributed by atoms with Crippen molar-refractivity contribution in [1.82, 2.24) is 4.90 Å². The molecule has 0 bridgehead atoms. The number of carbonyl (C=O) groups is 2. The monoisotopic (exact) mass is 354 g/mol. The van der Waals surface area contributed by atoms with Gasteiger partial charge >= 0.3 is 5.97 Å². The number of hydrogen-bond donors (Lipinski definition) is 2. The van der Waals surface area contributed by atoms with Gasteiger partial charge in [-0.1, -0.05) is 18.2 Å². The summed E-state index contributed by atoms with van der Waals surface area (Å²) in [6, 6.07) is 16.2. The van der Waals surface area contributed by atoms with Crippen molar-refractivity contribution in [2.75, 3.05) is 18.4 Å². The Balaban J connectivity index is 1.48. The molecule has 0 saturated carbocycles. The summed E-state index contributed by atoms with van der Waals surface area (Å²) in [5, 5.41) is 12.0. The maximum atomic E-state index is 12.1. The first-order chi connectivity index (χ1) is 12.6. The Morgan fingerprint density at radius 1 is 1.08 bits per heavy atom. The molecule has 2 aromatic carbocycles. The Morgan fingerprint density at radius 2 is 1.77 bits per heavy atom. The van der Waals surface area contributed by atoms with E-state index in [-0.39, 0.29) is 12.3 Å². The number of benzene rings is 2. The van der Waals surface area contributed by atoms with Gasteiger partial charge in [0.1, 0.15) is 17.5 Å². The molecular formula is C20H22N2O4. The first-order valence-corrected chi connectivity index (χ1v) is 8.71. The van der Waals surface area contributed by atoms with Gasteiger partial charge < -0.3 is 15.2 Å². The number of amides is 1. The van der Waals surface area contributed by atoms with Crippen molar-refractivity contribution in [2.45, 2.75) is 25.3 Å². The van der Waals surface area contributed by atoms with Crippen LogP contribution < -0.4 is 10.1 Å². The molecule has 3 rings (SSSR count). The average Bonchev–Trinajstić information content (AvgIpc) is 3.11. The van der Waals surface area contributed by atoms with Crippen LogP contribution in [0, 0.1) is 0 Å². The third-order valence-corrected chi connectivity index (χ3v) is 4.39. The van der Waals surface area contributed by atoms with Crippen molar-refractivity contribution in [3.8, 4) is 11.5 Å². The van der Waals surface area contributed by atoms with Gasteiger partial charge in [-0.2, -0.15) is 0 Å². The van der Waals surface area contributed by atoms with Crippen LogP contribution in [0.15, 0.2) is 54.6 Å². The maximum Gasteiger partial charge on any atom is 0.320 e. The van der Waals surface area contributed by atoms with Gasteiger partial charge in [0.05, 0.1) is 0 Å². The predicted octanol–water partition coefficient (Wildman–Crippen LogP) is 3.36. The van der Waals surface area contributed by atoms with Crippen LogP contribution in [0.5, 0.6) is 11.5 Å². The molecule has 0 spiro atoms. The Hall–Kier alpha value is -2.86. The number of ether oxygens (including phenoxy) is 1. The average molecular weight is 354 g/mol. The zero-order chi connectivity index (χ0) is 18.4. The van der Waals surface area contributed by atoms with Crippen LogP contribution in [0.3, 0.4) is 0 Å². The Bertz CT molecular complexity index is 746. The van der Waals surface area contributed by atoms with Crippen LogP contribution in [0.2, 0.25) is 0 Å². The standard InChI is InChI=1S/C20H22N2O4/c23-19(12-14-22-13-4-7-18(22)20(24)25)21-15-8-10-17(11-9-15)26-16-5-2-1-3-6-16/h1-3,5-6,8-11,18H,4,7,12-14H2,(H,21,23)(H,24,25). The summed E-state index contributed by atoms with van der Waals surface area (Å²) in [6.07, 6.45) is 1.79. The fraction of sp³-hybridized carbons (Fsp3) is 0.300. The molecule has 1 amide bonds. The lowest BCUT2D eigenvalue weighted by Gasteiger charge is -2.20. The van der Waals surface area contributed by atoms with E-state index in [1.165, 1.54) is 0 Å². The molecule has 6 nitrogen and oxygen atoms in total. The van der Waals surface area contributed by atoms with Crippen molar-refractivity contribution in [2.24, 2.45) is 0 Å². The number of carbonyl (C=O) groups excluding carboxylic acids is 1. The summed E-state index contributed by atoms with van der Waals surface area (Å²) in [4.78, 5) is 25.1. The molecule has 0 aromatic heterocycles. The summed E-state index contributed by atoms with van der Waals surface area (Å²) in [7, 11) is 0. The summed E-state index contributed by atoms with van der Waals surface area (Å²) < 4.78 is 5.71. The minimum atomic E-state index is -0.808. The second-order valence-corrected chi connectivity index (χ2v) is 6.27. The zero-order valence-electron chi connectivity index (χ0n) is 14.4. The normalized spacial score (nSPS) is 17.0. The maximum absolute atomic E-state index is 12.1. The summed E-state index contributed by atoms with van der Waals surface area (Å²) in [5.41, 5.74) is 0.687. The topological polar surface area (TPSA) is 78.9 Å². The third kappa shape index (κ3) is 4.83. The smallest absolute Gasteiger partial charge is 0.320 e. The van der Waals surface area contributed by atoms with E-state index in [0.717, 1.165) is 18.7 Å². The van der Waals surface area contributed by atoms with Crippen molar-refractivity contribution in [3.05, 3.63) is 54.6 Å². The molecule has 2 N–H and O–H groups in total. The highest BCUT2D eigenvalue weighted by atomic mass is 16.5. The number of carboxylic acids is 1. The molecule has 1 unspecified atom stereocenters. The van der Waals surface area contributed by atoms with Crippen LogP contribution in [0.4, 0.5) is 5.69 Å². The molecule has 1 fully saturated rings. The van der Waals surface area contributed by atoms with Crippen LogP contribution in [-0.4, -0.2) is 41.0 Å². The van der Waals surface area contributed by atoms with E-state index < -0.39 is 12.0 Å². The highest BCUT2D eigenvalue weighted by Gasteiger charge is 2.30.